The number of carbonyl (C=O) groups is 3. The molecule has 9 heteroatoms. The molecule has 0 unspecified atom stereocenters. The van der Waals surface area contributed by atoms with Gasteiger partial charge in [0.1, 0.15) is 6.54 Å². The van der Waals surface area contributed by atoms with E-state index in [-0.39, 0.29) is 16.4 Å². The highest BCUT2D eigenvalue weighted by atomic mass is 32.2. The van der Waals surface area contributed by atoms with Crippen molar-refractivity contribution in [3.63, 3.8) is 0 Å². The summed E-state index contributed by atoms with van der Waals surface area (Å²) < 4.78 is 22.9. The van der Waals surface area contributed by atoms with E-state index in [2.05, 4.69) is 19.2 Å². The third-order valence-corrected chi connectivity index (χ3v) is 7.35. The van der Waals surface area contributed by atoms with E-state index in [9.17, 15) is 22.8 Å². The lowest BCUT2D eigenvalue weighted by Crippen LogP contribution is -2.43. The fourth-order valence-corrected chi connectivity index (χ4v) is 5.60. The van der Waals surface area contributed by atoms with Crippen LogP contribution in [0, 0.1) is 0 Å². The molecule has 28 heavy (non-hydrogen) atoms. The summed E-state index contributed by atoms with van der Waals surface area (Å²) in [6.45, 7) is 3.77. The van der Waals surface area contributed by atoms with Gasteiger partial charge in [0.25, 0.3) is 11.1 Å². The monoisotopic (exact) mass is 422 g/mol. The number of hydrogen-bond acceptors (Lipinski definition) is 6. The minimum Gasteiger partial charge on any atom is -0.351 e. The van der Waals surface area contributed by atoms with E-state index < -0.39 is 39.5 Å². The van der Waals surface area contributed by atoms with Crippen LogP contribution in [0.15, 0.2) is 29.2 Å². The first-order chi connectivity index (χ1) is 13.1. The molecule has 1 aromatic carbocycles. The zero-order chi connectivity index (χ0) is 20.5. The van der Waals surface area contributed by atoms with Crippen LogP contribution in [-0.4, -0.2) is 54.5 Å². The molecule has 0 radical (unpaired) electrons. The highest BCUT2D eigenvalue weighted by molar-refractivity contribution is 8.18. The molecule has 1 N–H and O–H groups in total. The number of hydrogen-bond donors (Lipinski definition) is 1. The Kier molecular flexibility index (Phi) is 5.95. The molecule has 2 fully saturated rings. The van der Waals surface area contributed by atoms with E-state index in [1.54, 1.807) is 6.08 Å². The van der Waals surface area contributed by atoms with Crippen LogP contribution in [0.1, 0.15) is 37.3 Å². The van der Waals surface area contributed by atoms with Gasteiger partial charge in [-0.05, 0) is 41.3 Å². The van der Waals surface area contributed by atoms with Gasteiger partial charge in [0.2, 0.25) is 5.91 Å². The highest BCUT2D eigenvalue weighted by Gasteiger charge is 2.37. The Bertz CT molecular complexity index is 936. The molecule has 2 saturated heterocycles. The molecular weight excluding hydrogens is 400 g/mol. The van der Waals surface area contributed by atoms with Crippen LogP contribution in [-0.2, 0) is 19.4 Å². The van der Waals surface area contributed by atoms with Crippen LogP contribution in [0.2, 0.25) is 0 Å². The Morgan fingerprint density at radius 2 is 1.96 bits per heavy atom. The zero-order valence-corrected chi connectivity index (χ0v) is 17.3. The van der Waals surface area contributed by atoms with E-state index in [1.165, 1.54) is 5.56 Å². The summed E-state index contributed by atoms with van der Waals surface area (Å²) in [4.78, 5) is 38.0. The van der Waals surface area contributed by atoms with E-state index in [4.69, 9.17) is 0 Å². The number of carbonyl (C=O) groups excluding carboxylic acids is 3. The van der Waals surface area contributed by atoms with Crippen molar-refractivity contribution in [3.05, 3.63) is 40.3 Å². The Hall–Kier alpha value is -2.13. The van der Waals surface area contributed by atoms with E-state index >= 15 is 0 Å². The maximum atomic E-state index is 12.5. The van der Waals surface area contributed by atoms with Crippen LogP contribution < -0.4 is 5.32 Å². The molecule has 0 aliphatic carbocycles. The van der Waals surface area contributed by atoms with Crippen molar-refractivity contribution in [3.8, 4) is 0 Å². The minimum absolute atomic E-state index is 0.0395. The summed E-state index contributed by atoms with van der Waals surface area (Å²) in [5, 5.41) is 2.08. The Morgan fingerprint density at radius 3 is 2.54 bits per heavy atom. The minimum atomic E-state index is -3.12. The fraction of sp³-hybridized carbons (Fsp3) is 0.421. The van der Waals surface area contributed by atoms with Gasteiger partial charge in [0.15, 0.2) is 9.84 Å². The average Bonchev–Trinajstić information content (AvgIpc) is 3.08. The normalized spacial score (nSPS) is 23.0. The standard InChI is InChI=1S/C19H22N2O5S2/c1-12(2)14-5-3-13(4-6-14)9-16-18(23)21(19(24)27-16)10-17(22)20-15-7-8-28(25,26)11-15/h3-6,9,12,15H,7-8,10-11H2,1-2H3,(H,20,22)/b16-9-/t15-/m0/s1. The van der Waals surface area contributed by atoms with Gasteiger partial charge in [-0.3, -0.25) is 19.3 Å². The third-order valence-electron chi connectivity index (χ3n) is 4.67. The molecule has 1 aromatic rings. The molecule has 3 amide bonds. The molecule has 7 nitrogen and oxygen atoms in total. The number of benzene rings is 1. The van der Waals surface area contributed by atoms with E-state index in [0.29, 0.717) is 12.3 Å². The lowest BCUT2D eigenvalue weighted by Gasteiger charge is -2.15. The summed E-state index contributed by atoms with van der Waals surface area (Å²) in [7, 11) is -3.12. The Labute approximate surface area is 168 Å². The summed E-state index contributed by atoms with van der Waals surface area (Å²) in [5.41, 5.74) is 1.98. The van der Waals surface area contributed by atoms with Gasteiger partial charge in [0.05, 0.1) is 16.4 Å². The molecule has 3 rings (SSSR count). The third kappa shape index (κ3) is 4.82. The van der Waals surface area contributed by atoms with Crippen molar-refractivity contribution in [1.82, 2.24) is 10.2 Å². The van der Waals surface area contributed by atoms with Gasteiger partial charge in [-0.2, -0.15) is 0 Å². The number of imide groups is 1. The summed E-state index contributed by atoms with van der Waals surface area (Å²) in [6, 6.07) is 7.26. The molecule has 2 aliphatic rings. The van der Waals surface area contributed by atoms with Gasteiger partial charge in [-0.15, -0.1) is 0 Å². The van der Waals surface area contributed by atoms with Crippen molar-refractivity contribution in [2.75, 3.05) is 18.1 Å². The Morgan fingerprint density at radius 1 is 1.29 bits per heavy atom. The first kappa shape index (κ1) is 20.6. The predicted octanol–water partition coefficient (Wildman–Crippen LogP) is 2.15. The summed E-state index contributed by atoms with van der Waals surface area (Å²) >= 11 is 0.794. The molecule has 1 atom stereocenters. The van der Waals surface area contributed by atoms with Crippen LogP contribution in [0.5, 0.6) is 0 Å². The Balaban J connectivity index is 1.63. The maximum Gasteiger partial charge on any atom is 0.294 e. The van der Waals surface area contributed by atoms with Crippen molar-refractivity contribution >= 4 is 44.7 Å². The summed E-state index contributed by atoms with van der Waals surface area (Å²) in [5.74, 6) is -0.719. The molecule has 2 aliphatic heterocycles. The molecule has 2 heterocycles. The van der Waals surface area contributed by atoms with Crippen LogP contribution >= 0.6 is 11.8 Å². The number of sulfone groups is 1. The predicted molar refractivity (Wildman–Crippen MR) is 108 cm³/mol. The molecule has 150 valence electrons. The molecule has 0 saturated carbocycles. The number of nitrogens with zero attached hydrogens (tertiary/aromatic N) is 1. The van der Waals surface area contributed by atoms with Crippen molar-refractivity contribution in [1.29, 1.82) is 0 Å². The smallest absolute Gasteiger partial charge is 0.294 e. The van der Waals surface area contributed by atoms with Crippen molar-refractivity contribution < 1.29 is 22.8 Å². The lowest BCUT2D eigenvalue weighted by molar-refractivity contribution is -0.129. The second-order valence-electron chi connectivity index (χ2n) is 7.26. The molecule has 0 aromatic heterocycles. The number of thioether (sulfide) groups is 1. The average molecular weight is 423 g/mol. The first-order valence-electron chi connectivity index (χ1n) is 9.00. The van der Waals surface area contributed by atoms with Gasteiger partial charge in [0, 0.05) is 6.04 Å². The van der Waals surface area contributed by atoms with Crippen molar-refractivity contribution in [2.24, 2.45) is 0 Å². The number of amides is 3. The van der Waals surface area contributed by atoms with Gasteiger partial charge in [-0.1, -0.05) is 38.1 Å². The molecule has 0 bridgehead atoms. The second-order valence-corrected chi connectivity index (χ2v) is 10.5. The second kappa shape index (κ2) is 8.08. The lowest BCUT2D eigenvalue weighted by atomic mass is 10.0. The topological polar surface area (TPSA) is 101 Å². The van der Waals surface area contributed by atoms with Gasteiger partial charge < -0.3 is 5.32 Å². The van der Waals surface area contributed by atoms with Crippen LogP contribution in [0.4, 0.5) is 4.79 Å². The van der Waals surface area contributed by atoms with E-state index in [1.807, 2.05) is 24.3 Å². The van der Waals surface area contributed by atoms with Crippen LogP contribution in [0.25, 0.3) is 6.08 Å². The molecule has 0 spiro atoms. The number of rotatable bonds is 5. The first-order valence-corrected chi connectivity index (χ1v) is 11.6. The maximum absolute atomic E-state index is 12.5. The largest absolute Gasteiger partial charge is 0.351 e. The van der Waals surface area contributed by atoms with Gasteiger partial charge >= 0.3 is 0 Å². The quantitative estimate of drug-likeness (QED) is 0.730. The van der Waals surface area contributed by atoms with Crippen LogP contribution in [0.3, 0.4) is 0 Å². The zero-order valence-electron chi connectivity index (χ0n) is 15.7. The fourth-order valence-electron chi connectivity index (χ4n) is 3.09. The summed E-state index contributed by atoms with van der Waals surface area (Å²) in [6.07, 6.45) is 1.98. The SMILES string of the molecule is CC(C)c1ccc(/C=C2\SC(=O)N(CC(=O)N[C@H]3CCS(=O)(=O)C3)C2=O)cc1. The highest BCUT2D eigenvalue weighted by Crippen LogP contribution is 2.32. The number of nitrogens with one attached hydrogen (secondary N) is 1. The van der Waals surface area contributed by atoms with Crippen molar-refractivity contribution in [2.45, 2.75) is 32.2 Å². The molecular formula is C19H22N2O5S2. The van der Waals surface area contributed by atoms with Gasteiger partial charge in [-0.25, -0.2) is 8.42 Å². The van der Waals surface area contributed by atoms with E-state index in [0.717, 1.165) is 22.2 Å².